The molecule has 2 heteroatoms. The maximum atomic E-state index is 11.6. The van der Waals surface area contributed by atoms with Crippen molar-refractivity contribution in [2.45, 2.75) is 26.3 Å². The third-order valence-electron chi connectivity index (χ3n) is 3.09. The summed E-state index contributed by atoms with van der Waals surface area (Å²) in [5, 5.41) is 1.19. The molecule has 1 aromatic heterocycles. The smallest absolute Gasteiger partial charge is 0.155 e. The molecule has 0 fully saturated rings. The SMILES string of the molecule is C=CCn1c(/C=C/C(=O)CCC)cc2ccccc21. The van der Waals surface area contributed by atoms with Gasteiger partial charge in [0.1, 0.15) is 0 Å². The van der Waals surface area contributed by atoms with Gasteiger partial charge in [0, 0.05) is 29.6 Å². The molecule has 1 aromatic carbocycles. The zero-order valence-corrected chi connectivity index (χ0v) is 11.3. The first-order valence-corrected chi connectivity index (χ1v) is 6.66. The molecule has 0 atom stereocenters. The van der Waals surface area contributed by atoms with Crippen molar-refractivity contribution in [3.8, 4) is 0 Å². The third-order valence-corrected chi connectivity index (χ3v) is 3.09. The molecule has 0 saturated carbocycles. The Hall–Kier alpha value is -2.09. The highest BCUT2D eigenvalue weighted by Crippen LogP contribution is 2.21. The molecule has 2 rings (SSSR count). The van der Waals surface area contributed by atoms with Crippen LogP contribution in [-0.4, -0.2) is 10.4 Å². The van der Waals surface area contributed by atoms with Crippen molar-refractivity contribution in [1.82, 2.24) is 4.57 Å². The van der Waals surface area contributed by atoms with Crippen LogP contribution in [0.1, 0.15) is 25.5 Å². The lowest BCUT2D eigenvalue weighted by atomic mass is 10.2. The van der Waals surface area contributed by atoms with Gasteiger partial charge in [-0.3, -0.25) is 4.79 Å². The Morgan fingerprint density at radius 1 is 1.37 bits per heavy atom. The average molecular weight is 253 g/mol. The summed E-state index contributed by atoms with van der Waals surface area (Å²) in [5.41, 5.74) is 2.22. The van der Waals surface area contributed by atoms with Crippen LogP contribution in [0.4, 0.5) is 0 Å². The molecule has 19 heavy (non-hydrogen) atoms. The van der Waals surface area contributed by atoms with Gasteiger partial charge < -0.3 is 4.57 Å². The zero-order valence-electron chi connectivity index (χ0n) is 11.3. The molecule has 0 radical (unpaired) electrons. The largest absolute Gasteiger partial charge is 0.337 e. The molecule has 0 aliphatic rings. The normalized spacial score (nSPS) is 11.2. The van der Waals surface area contributed by atoms with Crippen LogP contribution in [0.2, 0.25) is 0 Å². The number of aromatic nitrogens is 1. The number of hydrogen-bond acceptors (Lipinski definition) is 1. The van der Waals surface area contributed by atoms with E-state index in [1.54, 1.807) is 6.08 Å². The van der Waals surface area contributed by atoms with Gasteiger partial charge in [-0.05, 0) is 30.7 Å². The Morgan fingerprint density at radius 3 is 2.89 bits per heavy atom. The molecule has 0 N–H and O–H groups in total. The molecule has 2 aromatic rings. The first-order valence-electron chi connectivity index (χ1n) is 6.66. The number of para-hydroxylation sites is 1. The van der Waals surface area contributed by atoms with Gasteiger partial charge >= 0.3 is 0 Å². The Balaban J connectivity index is 2.38. The van der Waals surface area contributed by atoms with E-state index < -0.39 is 0 Å². The number of benzene rings is 1. The van der Waals surface area contributed by atoms with Crippen LogP contribution < -0.4 is 0 Å². The molecular formula is C17H19NO. The van der Waals surface area contributed by atoms with Crippen LogP contribution in [0.15, 0.2) is 49.1 Å². The quantitative estimate of drug-likeness (QED) is 0.558. The summed E-state index contributed by atoms with van der Waals surface area (Å²) in [5.74, 6) is 0.179. The number of allylic oxidation sites excluding steroid dienone is 2. The van der Waals surface area contributed by atoms with Crippen molar-refractivity contribution in [2.24, 2.45) is 0 Å². The highest BCUT2D eigenvalue weighted by Gasteiger charge is 2.05. The molecule has 0 bridgehead atoms. The molecular weight excluding hydrogens is 234 g/mol. The van der Waals surface area contributed by atoms with E-state index in [4.69, 9.17) is 0 Å². The molecule has 2 nitrogen and oxygen atoms in total. The van der Waals surface area contributed by atoms with Crippen LogP contribution in [0.25, 0.3) is 17.0 Å². The fourth-order valence-corrected chi connectivity index (χ4v) is 2.21. The number of nitrogens with zero attached hydrogens (tertiary/aromatic N) is 1. The van der Waals surface area contributed by atoms with Crippen molar-refractivity contribution in [3.63, 3.8) is 0 Å². The molecule has 1 heterocycles. The highest BCUT2D eigenvalue weighted by molar-refractivity contribution is 5.94. The van der Waals surface area contributed by atoms with Crippen LogP contribution >= 0.6 is 0 Å². The number of rotatable bonds is 6. The van der Waals surface area contributed by atoms with Crippen molar-refractivity contribution in [2.75, 3.05) is 0 Å². The van der Waals surface area contributed by atoms with E-state index in [0.29, 0.717) is 6.42 Å². The van der Waals surface area contributed by atoms with E-state index in [9.17, 15) is 4.79 Å². The fraction of sp³-hybridized carbons (Fsp3) is 0.235. The van der Waals surface area contributed by atoms with E-state index in [2.05, 4.69) is 29.3 Å². The third kappa shape index (κ3) is 3.02. The van der Waals surface area contributed by atoms with Crippen molar-refractivity contribution >= 4 is 22.8 Å². The molecule has 0 aliphatic carbocycles. The highest BCUT2D eigenvalue weighted by atomic mass is 16.1. The van der Waals surface area contributed by atoms with Crippen LogP contribution in [-0.2, 0) is 11.3 Å². The van der Waals surface area contributed by atoms with E-state index in [1.807, 2.05) is 31.2 Å². The summed E-state index contributed by atoms with van der Waals surface area (Å²) in [6.45, 7) is 6.56. The standard InChI is InChI=1S/C17H19NO/c1-3-7-16(19)11-10-15-13-14-8-5-6-9-17(14)18(15)12-4-2/h4-6,8-11,13H,2-3,7,12H2,1H3/b11-10+. The van der Waals surface area contributed by atoms with E-state index in [1.165, 1.54) is 10.9 Å². The Bertz CT molecular complexity index is 619. The summed E-state index contributed by atoms with van der Waals surface area (Å²) in [6, 6.07) is 10.3. The van der Waals surface area contributed by atoms with E-state index >= 15 is 0 Å². The summed E-state index contributed by atoms with van der Waals surface area (Å²) in [7, 11) is 0. The lowest BCUT2D eigenvalue weighted by Gasteiger charge is -2.04. The van der Waals surface area contributed by atoms with Crippen LogP contribution in [0.3, 0.4) is 0 Å². The van der Waals surface area contributed by atoms with Crippen LogP contribution in [0, 0.1) is 0 Å². The molecule has 0 amide bonds. The number of ketones is 1. The second-order valence-corrected chi connectivity index (χ2v) is 4.58. The van der Waals surface area contributed by atoms with Crippen LogP contribution in [0.5, 0.6) is 0 Å². The summed E-state index contributed by atoms with van der Waals surface area (Å²) >= 11 is 0. The van der Waals surface area contributed by atoms with Gasteiger partial charge in [-0.15, -0.1) is 6.58 Å². The van der Waals surface area contributed by atoms with Gasteiger partial charge in [0.25, 0.3) is 0 Å². The minimum Gasteiger partial charge on any atom is -0.337 e. The average Bonchev–Trinajstić information content (AvgIpc) is 2.76. The molecule has 98 valence electrons. The first-order chi connectivity index (χ1) is 9.26. The van der Waals surface area contributed by atoms with Gasteiger partial charge in [-0.25, -0.2) is 0 Å². The van der Waals surface area contributed by atoms with Crippen molar-refractivity contribution in [3.05, 3.63) is 54.8 Å². The molecule has 0 aliphatic heterocycles. The number of hydrogen-bond donors (Lipinski definition) is 0. The van der Waals surface area contributed by atoms with Gasteiger partial charge in [0.2, 0.25) is 0 Å². The van der Waals surface area contributed by atoms with Crippen molar-refractivity contribution in [1.29, 1.82) is 0 Å². The fourth-order valence-electron chi connectivity index (χ4n) is 2.21. The number of carbonyl (C=O) groups excluding carboxylic acids is 1. The topological polar surface area (TPSA) is 22.0 Å². The van der Waals surface area contributed by atoms with E-state index in [-0.39, 0.29) is 5.78 Å². The molecule has 0 unspecified atom stereocenters. The molecule has 0 saturated heterocycles. The Kier molecular flexibility index (Phi) is 4.35. The Labute approximate surface area is 114 Å². The minimum atomic E-state index is 0.179. The lowest BCUT2D eigenvalue weighted by molar-refractivity contribution is -0.114. The predicted octanol–water partition coefficient (Wildman–Crippen LogP) is 4.21. The van der Waals surface area contributed by atoms with Gasteiger partial charge in [0.05, 0.1) is 0 Å². The van der Waals surface area contributed by atoms with Crippen molar-refractivity contribution < 1.29 is 4.79 Å². The second kappa shape index (κ2) is 6.19. The zero-order chi connectivity index (χ0) is 13.7. The maximum Gasteiger partial charge on any atom is 0.155 e. The number of fused-ring (bicyclic) bond motifs is 1. The van der Waals surface area contributed by atoms with Gasteiger partial charge in [-0.1, -0.05) is 31.2 Å². The molecule has 0 spiro atoms. The lowest BCUT2D eigenvalue weighted by Crippen LogP contribution is -1.97. The minimum absolute atomic E-state index is 0.179. The predicted molar refractivity (Wildman–Crippen MR) is 81.1 cm³/mol. The van der Waals surface area contributed by atoms with E-state index in [0.717, 1.165) is 18.7 Å². The maximum absolute atomic E-state index is 11.6. The summed E-state index contributed by atoms with van der Waals surface area (Å²) in [4.78, 5) is 11.6. The van der Waals surface area contributed by atoms with Gasteiger partial charge in [-0.2, -0.15) is 0 Å². The van der Waals surface area contributed by atoms with Gasteiger partial charge in [0.15, 0.2) is 5.78 Å². The summed E-state index contributed by atoms with van der Waals surface area (Å²) < 4.78 is 2.16. The summed E-state index contributed by atoms with van der Waals surface area (Å²) in [6.07, 6.45) is 6.95. The monoisotopic (exact) mass is 253 g/mol. The number of carbonyl (C=O) groups is 1. The first kappa shape index (κ1) is 13.3. The Morgan fingerprint density at radius 2 is 2.16 bits per heavy atom. The second-order valence-electron chi connectivity index (χ2n) is 4.58.